The largest absolute Gasteiger partial charge is 0.465 e. The summed E-state index contributed by atoms with van der Waals surface area (Å²) in [6, 6.07) is 6.08. The monoisotopic (exact) mass is 307 g/mol. The Morgan fingerprint density at radius 3 is 2.86 bits per heavy atom. The standard InChI is InChI=1S/C15H18ClN3O2/c16-13-9-18(6-5-17)14-7-10(1-4-12(13)14)8-19(15(20)21)11-2-3-11/h1,4,7,9,11H,2-3,5-6,8,17H2,(H,20,21). The van der Waals surface area contributed by atoms with E-state index >= 15 is 0 Å². The molecule has 1 aliphatic rings. The third-order valence-corrected chi connectivity index (χ3v) is 4.16. The van der Waals surface area contributed by atoms with Gasteiger partial charge >= 0.3 is 6.09 Å². The summed E-state index contributed by atoms with van der Waals surface area (Å²) in [5, 5.41) is 11.0. The fourth-order valence-electron chi connectivity index (χ4n) is 2.65. The first-order chi connectivity index (χ1) is 10.1. The zero-order valence-corrected chi connectivity index (χ0v) is 12.4. The Kier molecular flexibility index (Phi) is 3.78. The summed E-state index contributed by atoms with van der Waals surface area (Å²) in [4.78, 5) is 12.8. The third-order valence-electron chi connectivity index (χ3n) is 3.85. The lowest BCUT2D eigenvalue weighted by atomic mass is 10.1. The average Bonchev–Trinajstić information content (AvgIpc) is 3.23. The van der Waals surface area contributed by atoms with Crippen molar-refractivity contribution in [1.82, 2.24) is 9.47 Å². The molecule has 5 nitrogen and oxygen atoms in total. The van der Waals surface area contributed by atoms with E-state index in [0.29, 0.717) is 24.7 Å². The van der Waals surface area contributed by atoms with Gasteiger partial charge in [0.15, 0.2) is 0 Å². The summed E-state index contributed by atoms with van der Waals surface area (Å²) in [6.07, 6.45) is 2.94. The number of amides is 1. The molecule has 0 spiro atoms. The molecule has 0 atom stereocenters. The normalized spacial score (nSPS) is 14.6. The highest BCUT2D eigenvalue weighted by Crippen LogP contribution is 2.30. The molecule has 112 valence electrons. The molecule has 1 aromatic carbocycles. The van der Waals surface area contributed by atoms with Gasteiger partial charge < -0.3 is 20.3 Å². The van der Waals surface area contributed by atoms with Crippen molar-refractivity contribution < 1.29 is 9.90 Å². The van der Waals surface area contributed by atoms with Gasteiger partial charge in [-0.25, -0.2) is 4.79 Å². The predicted octanol–water partition coefficient (Wildman–Crippen LogP) is 2.90. The van der Waals surface area contributed by atoms with E-state index in [1.165, 1.54) is 4.90 Å². The SMILES string of the molecule is NCCn1cc(Cl)c2ccc(CN(C(=O)O)C3CC3)cc21. The van der Waals surface area contributed by atoms with Crippen molar-refractivity contribution in [1.29, 1.82) is 0 Å². The molecule has 6 heteroatoms. The highest BCUT2D eigenvalue weighted by atomic mass is 35.5. The quantitative estimate of drug-likeness (QED) is 0.892. The summed E-state index contributed by atoms with van der Waals surface area (Å²) in [7, 11) is 0. The first-order valence-electron chi connectivity index (χ1n) is 7.07. The number of rotatable bonds is 5. The van der Waals surface area contributed by atoms with Gasteiger partial charge in [-0.2, -0.15) is 0 Å². The Morgan fingerprint density at radius 2 is 2.24 bits per heavy atom. The van der Waals surface area contributed by atoms with Crippen molar-refractivity contribution in [2.24, 2.45) is 5.73 Å². The van der Waals surface area contributed by atoms with Crippen LogP contribution in [0.2, 0.25) is 5.02 Å². The number of nitrogens with zero attached hydrogens (tertiary/aromatic N) is 2. The maximum atomic E-state index is 11.3. The second-order valence-electron chi connectivity index (χ2n) is 5.45. The molecule has 21 heavy (non-hydrogen) atoms. The van der Waals surface area contributed by atoms with Crippen LogP contribution in [0.4, 0.5) is 4.79 Å². The van der Waals surface area contributed by atoms with Gasteiger partial charge in [0, 0.05) is 42.8 Å². The van der Waals surface area contributed by atoms with Crippen molar-refractivity contribution in [3.63, 3.8) is 0 Å². The molecule has 0 unspecified atom stereocenters. The number of fused-ring (bicyclic) bond motifs is 1. The molecule has 0 radical (unpaired) electrons. The average molecular weight is 308 g/mol. The zero-order valence-electron chi connectivity index (χ0n) is 11.6. The van der Waals surface area contributed by atoms with Crippen LogP contribution < -0.4 is 5.73 Å². The van der Waals surface area contributed by atoms with Crippen LogP contribution in [0.3, 0.4) is 0 Å². The van der Waals surface area contributed by atoms with E-state index in [9.17, 15) is 9.90 Å². The zero-order chi connectivity index (χ0) is 15.0. The molecule has 0 bridgehead atoms. The second kappa shape index (κ2) is 5.58. The van der Waals surface area contributed by atoms with Gasteiger partial charge in [-0.15, -0.1) is 0 Å². The molecule has 2 aromatic rings. The van der Waals surface area contributed by atoms with Crippen molar-refractivity contribution in [2.45, 2.75) is 32.0 Å². The third kappa shape index (κ3) is 2.84. The van der Waals surface area contributed by atoms with Crippen LogP contribution in [0.5, 0.6) is 0 Å². The van der Waals surface area contributed by atoms with Crippen molar-refractivity contribution in [2.75, 3.05) is 6.54 Å². The number of hydrogen-bond donors (Lipinski definition) is 2. The lowest BCUT2D eigenvalue weighted by Gasteiger charge is -2.18. The van der Waals surface area contributed by atoms with E-state index in [-0.39, 0.29) is 6.04 Å². The molecular weight excluding hydrogens is 290 g/mol. The molecule has 1 aromatic heterocycles. The number of benzene rings is 1. The van der Waals surface area contributed by atoms with Crippen LogP contribution in [-0.4, -0.2) is 33.3 Å². The predicted molar refractivity (Wildman–Crippen MR) is 82.6 cm³/mol. The van der Waals surface area contributed by atoms with Crippen molar-refractivity contribution in [3.8, 4) is 0 Å². The first-order valence-corrected chi connectivity index (χ1v) is 7.45. The molecule has 3 rings (SSSR count). The van der Waals surface area contributed by atoms with Gasteiger partial charge in [-0.1, -0.05) is 23.7 Å². The summed E-state index contributed by atoms with van der Waals surface area (Å²) in [6.45, 7) is 1.65. The topological polar surface area (TPSA) is 71.5 Å². The number of carbonyl (C=O) groups is 1. The Balaban J connectivity index is 1.92. The molecule has 1 aliphatic carbocycles. The molecule has 1 heterocycles. The summed E-state index contributed by atoms with van der Waals surface area (Å²) in [5.41, 5.74) is 7.60. The minimum absolute atomic E-state index is 0.178. The van der Waals surface area contributed by atoms with Crippen LogP contribution >= 0.6 is 11.6 Å². The van der Waals surface area contributed by atoms with Crippen molar-refractivity contribution >= 4 is 28.6 Å². The number of carboxylic acid groups (broad SMARTS) is 1. The van der Waals surface area contributed by atoms with E-state index in [1.807, 2.05) is 29.0 Å². The lowest BCUT2D eigenvalue weighted by molar-refractivity contribution is 0.139. The van der Waals surface area contributed by atoms with Gasteiger partial charge in [-0.05, 0) is 24.5 Å². The number of halogens is 1. The minimum atomic E-state index is -0.854. The molecule has 3 N–H and O–H groups in total. The van der Waals surface area contributed by atoms with Gasteiger partial charge in [0.05, 0.1) is 5.02 Å². The maximum absolute atomic E-state index is 11.3. The van der Waals surface area contributed by atoms with Gasteiger partial charge in [-0.3, -0.25) is 0 Å². The highest BCUT2D eigenvalue weighted by molar-refractivity contribution is 6.35. The first kappa shape index (κ1) is 14.2. The summed E-state index contributed by atoms with van der Waals surface area (Å²) >= 11 is 6.22. The Labute approximate surface area is 127 Å². The van der Waals surface area contributed by atoms with Crippen LogP contribution in [0.25, 0.3) is 10.9 Å². The van der Waals surface area contributed by atoms with Gasteiger partial charge in [0.2, 0.25) is 0 Å². The Morgan fingerprint density at radius 1 is 1.48 bits per heavy atom. The van der Waals surface area contributed by atoms with Crippen LogP contribution in [-0.2, 0) is 13.1 Å². The molecule has 1 saturated carbocycles. The van der Waals surface area contributed by atoms with E-state index < -0.39 is 6.09 Å². The van der Waals surface area contributed by atoms with E-state index in [0.717, 1.165) is 29.3 Å². The lowest BCUT2D eigenvalue weighted by Crippen LogP contribution is -2.30. The molecule has 0 aliphatic heterocycles. The van der Waals surface area contributed by atoms with E-state index in [4.69, 9.17) is 17.3 Å². The Bertz CT molecular complexity index is 679. The molecular formula is C15H18ClN3O2. The highest BCUT2D eigenvalue weighted by Gasteiger charge is 2.32. The maximum Gasteiger partial charge on any atom is 0.407 e. The summed E-state index contributed by atoms with van der Waals surface area (Å²) < 4.78 is 2.02. The van der Waals surface area contributed by atoms with E-state index in [1.54, 1.807) is 0 Å². The summed E-state index contributed by atoms with van der Waals surface area (Å²) in [5.74, 6) is 0. The van der Waals surface area contributed by atoms with Crippen LogP contribution in [0.1, 0.15) is 18.4 Å². The number of hydrogen-bond acceptors (Lipinski definition) is 2. The van der Waals surface area contributed by atoms with Gasteiger partial charge in [0.25, 0.3) is 0 Å². The Hall–Kier alpha value is -1.72. The van der Waals surface area contributed by atoms with Crippen LogP contribution in [0, 0.1) is 0 Å². The molecule has 0 saturated heterocycles. The number of aromatic nitrogens is 1. The number of nitrogens with two attached hydrogens (primary N) is 1. The van der Waals surface area contributed by atoms with Crippen molar-refractivity contribution in [3.05, 3.63) is 35.0 Å². The smallest absolute Gasteiger partial charge is 0.407 e. The fourth-order valence-corrected chi connectivity index (χ4v) is 2.93. The van der Waals surface area contributed by atoms with Gasteiger partial charge in [0.1, 0.15) is 0 Å². The minimum Gasteiger partial charge on any atom is -0.465 e. The van der Waals surface area contributed by atoms with E-state index in [2.05, 4.69) is 0 Å². The molecule has 1 amide bonds. The molecule has 1 fully saturated rings. The van der Waals surface area contributed by atoms with Crippen LogP contribution in [0.15, 0.2) is 24.4 Å². The fraction of sp³-hybridized carbons (Fsp3) is 0.400. The second-order valence-corrected chi connectivity index (χ2v) is 5.86.